The van der Waals surface area contributed by atoms with Crippen LogP contribution in [0.5, 0.6) is 0 Å². The number of nitriles is 1. The lowest BCUT2D eigenvalue weighted by molar-refractivity contribution is 0.258. The maximum absolute atomic E-state index is 9.09. The van der Waals surface area contributed by atoms with Crippen LogP contribution in [0.15, 0.2) is 10.9 Å². The average Bonchev–Trinajstić information content (AvgIpc) is 2.61. The van der Waals surface area contributed by atoms with Crippen molar-refractivity contribution in [2.24, 2.45) is 0 Å². The van der Waals surface area contributed by atoms with Gasteiger partial charge in [-0.15, -0.1) is 0 Å². The van der Waals surface area contributed by atoms with E-state index >= 15 is 0 Å². The smallest absolute Gasteiger partial charge is 0.141 e. The van der Waals surface area contributed by atoms with E-state index in [9.17, 15) is 0 Å². The summed E-state index contributed by atoms with van der Waals surface area (Å²) >= 11 is 3.31. The summed E-state index contributed by atoms with van der Waals surface area (Å²) in [7, 11) is 0. The number of rotatable bonds is 4. The Balaban J connectivity index is 2.93. The highest BCUT2D eigenvalue weighted by atomic mass is 79.9. The minimum atomic E-state index is -0.248. The monoisotopic (exact) mass is 256 g/mol. The van der Waals surface area contributed by atoms with E-state index in [1.165, 1.54) is 0 Å². The molecule has 0 saturated carbocycles. The van der Waals surface area contributed by atoms with E-state index < -0.39 is 0 Å². The van der Waals surface area contributed by atoms with E-state index in [0.29, 0.717) is 0 Å². The SMILES string of the molecule is CCN(CC)C(C#N)c1[nH]cnc1Br. The number of halogens is 1. The van der Waals surface area contributed by atoms with Crippen LogP contribution in [0, 0.1) is 11.3 Å². The summed E-state index contributed by atoms with van der Waals surface area (Å²) in [5, 5.41) is 9.09. The van der Waals surface area contributed by atoms with Gasteiger partial charge in [0.15, 0.2) is 0 Å². The molecule has 1 N–H and O–H groups in total. The number of aromatic amines is 1. The van der Waals surface area contributed by atoms with E-state index in [1.807, 2.05) is 13.8 Å². The molecule has 1 aromatic heterocycles. The average molecular weight is 257 g/mol. The van der Waals surface area contributed by atoms with E-state index in [-0.39, 0.29) is 6.04 Å². The normalized spacial score (nSPS) is 12.8. The Kier molecular flexibility index (Phi) is 4.11. The number of aromatic nitrogens is 2. The van der Waals surface area contributed by atoms with E-state index in [0.717, 1.165) is 23.4 Å². The van der Waals surface area contributed by atoms with Crippen molar-refractivity contribution in [3.05, 3.63) is 16.6 Å². The molecule has 0 aliphatic rings. The molecule has 1 aromatic rings. The van der Waals surface area contributed by atoms with Crippen molar-refractivity contribution in [2.75, 3.05) is 13.1 Å². The fraction of sp³-hybridized carbons (Fsp3) is 0.556. The molecule has 0 spiro atoms. The molecule has 1 unspecified atom stereocenters. The Hall–Kier alpha value is -0.860. The molecule has 5 heteroatoms. The first-order valence-electron chi connectivity index (χ1n) is 4.57. The van der Waals surface area contributed by atoms with Gasteiger partial charge < -0.3 is 4.98 Å². The van der Waals surface area contributed by atoms with Crippen molar-refractivity contribution < 1.29 is 0 Å². The van der Waals surface area contributed by atoms with Crippen molar-refractivity contribution in [1.82, 2.24) is 14.9 Å². The van der Waals surface area contributed by atoms with Crippen LogP contribution in [0.25, 0.3) is 0 Å². The van der Waals surface area contributed by atoms with Gasteiger partial charge in [0.1, 0.15) is 10.6 Å². The standard InChI is InChI=1S/C9H13BrN4/c1-3-14(4-2)7(5-11)8-9(10)13-6-12-8/h6-7H,3-4H2,1-2H3,(H,12,13). The molecule has 1 heterocycles. The lowest BCUT2D eigenvalue weighted by atomic mass is 10.2. The van der Waals surface area contributed by atoms with Gasteiger partial charge in [-0.05, 0) is 29.0 Å². The molecule has 0 fully saturated rings. The fourth-order valence-corrected chi connectivity index (χ4v) is 1.83. The van der Waals surface area contributed by atoms with E-state index in [2.05, 4.69) is 36.9 Å². The predicted octanol–water partition coefficient (Wildman–Crippen LogP) is 2.08. The molecule has 0 bridgehead atoms. The number of nitrogens with one attached hydrogen (secondary N) is 1. The van der Waals surface area contributed by atoms with Gasteiger partial charge >= 0.3 is 0 Å². The summed E-state index contributed by atoms with van der Waals surface area (Å²) in [5.41, 5.74) is 0.830. The van der Waals surface area contributed by atoms with Crippen LogP contribution in [-0.2, 0) is 0 Å². The molecule has 0 amide bonds. The van der Waals surface area contributed by atoms with Crippen LogP contribution >= 0.6 is 15.9 Å². The predicted molar refractivity (Wildman–Crippen MR) is 57.6 cm³/mol. The van der Waals surface area contributed by atoms with Gasteiger partial charge in [0, 0.05) is 0 Å². The molecule has 0 aliphatic carbocycles. The summed E-state index contributed by atoms with van der Waals surface area (Å²) in [6.07, 6.45) is 1.59. The van der Waals surface area contributed by atoms with Gasteiger partial charge in [0.2, 0.25) is 0 Å². The molecule has 0 aromatic carbocycles. The summed E-state index contributed by atoms with van der Waals surface area (Å²) in [6, 6.07) is 2.02. The van der Waals surface area contributed by atoms with Gasteiger partial charge in [-0.1, -0.05) is 13.8 Å². The molecular formula is C9H13BrN4. The first-order chi connectivity index (χ1) is 6.74. The summed E-state index contributed by atoms with van der Waals surface area (Å²) < 4.78 is 0.718. The van der Waals surface area contributed by atoms with Crippen LogP contribution in [0.2, 0.25) is 0 Å². The molecule has 1 atom stereocenters. The zero-order chi connectivity index (χ0) is 10.6. The summed E-state index contributed by atoms with van der Waals surface area (Å²) in [4.78, 5) is 9.07. The van der Waals surface area contributed by atoms with Crippen LogP contribution in [0.3, 0.4) is 0 Å². The highest BCUT2D eigenvalue weighted by Crippen LogP contribution is 2.23. The van der Waals surface area contributed by atoms with E-state index in [4.69, 9.17) is 5.26 Å². The molecule has 0 saturated heterocycles. The molecule has 1 rings (SSSR count). The third kappa shape index (κ3) is 2.14. The second kappa shape index (κ2) is 5.13. The van der Waals surface area contributed by atoms with Crippen LogP contribution in [0.1, 0.15) is 25.6 Å². The number of imidazole rings is 1. The van der Waals surface area contributed by atoms with Gasteiger partial charge in [-0.3, -0.25) is 4.90 Å². The zero-order valence-electron chi connectivity index (χ0n) is 8.29. The van der Waals surface area contributed by atoms with Crippen molar-refractivity contribution in [3.63, 3.8) is 0 Å². The summed E-state index contributed by atoms with van der Waals surface area (Å²) in [5.74, 6) is 0. The largest absolute Gasteiger partial charge is 0.345 e. The summed E-state index contributed by atoms with van der Waals surface area (Å²) in [6.45, 7) is 5.77. The lowest BCUT2D eigenvalue weighted by Gasteiger charge is -2.22. The lowest BCUT2D eigenvalue weighted by Crippen LogP contribution is -2.27. The molecule has 0 aliphatic heterocycles. The Morgan fingerprint density at radius 1 is 1.64 bits per heavy atom. The molecule has 0 radical (unpaired) electrons. The van der Waals surface area contributed by atoms with Crippen molar-refractivity contribution in [1.29, 1.82) is 5.26 Å². The maximum atomic E-state index is 9.09. The van der Waals surface area contributed by atoms with Crippen molar-refractivity contribution in [2.45, 2.75) is 19.9 Å². The Morgan fingerprint density at radius 2 is 2.29 bits per heavy atom. The fourth-order valence-electron chi connectivity index (χ4n) is 1.40. The third-order valence-electron chi connectivity index (χ3n) is 2.19. The highest BCUT2D eigenvalue weighted by molar-refractivity contribution is 9.10. The molecule has 4 nitrogen and oxygen atoms in total. The number of nitrogens with zero attached hydrogens (tertiary/aromatic N) is 3. The van der Waals surface area contributed by atoms with Crippen LogP contribution in [-0.4, -0.2) is 28.0 Å². The minimum absolute atomic E-state index is 0.248. The third-order valence-corrected chi connectivity index (χ3v) is 2.83. The Morgan fingerprint density at radius 3 is 2.64 bits per heavy atom. The van der Waals surface area contributed by atoms with Gasteiger partial charge in [0.05, 0.1) is 18.1 Å². The number of hydrogen-bond donors (Lipinski definition) is 1. The zero-order valence-corrected chi connectivity index (χ0v) is 9.87. The molecule has 76 valence electrons. The number of H-pyrrole nitrogens is 1. The van der Waals surface area contributed by atoms with Gasteiger partial charge in [0.25, 0.3) is 0 Å². The molecular weight excluding hydrogens is 244 g/mol. The topological polar surface area (TPSA) is 55.7 Å². The first kappa shape index (κ1) is 11.2. The van der Waals surface area contributed by atoms with Gasteiger partial charge in [-0.2, -0.15) is 5.26 Å². The van der Waals surface area contributed by atoms with Crippen LogP contribution in [0.4, 0.5) is 0 Å². The Bertz CT molecular complexity index is 324. The Labute approximate surface area is 92.1 Å². The van der Waals surface area contributed by atoms with Crippen molar-refractivity contribution in [3.8, 4) is 6.07 Å². The maximum Gasteiger partial charge on any atom is 0.141 e. The highest BCUT2D eigenvalue weighted by Gasteiger charge is 2.21. The van der Waals surface area contributed by atoms with Crippen molar-refractivity contribution >= 4 is 15.9 Å². The number of hydrogen-bond acceptors (Lipinski definition) is 3. The first-order valence-corrected chi connectivity index (χ1v) is 5.36. The van der Waals surface area contributed by atoms with Gasteiger partial charge in [-0.25, -0.2) is 4.98 Å². The second-order valence-electron chi connectivity index (χ2n) is 2.86. The second-order valence-corrected chi connectivity index (χ2v) is 3.61. The van der Waals surface area contributed by atoms with Crippen LogP contribution < -0.4 is 0 Å². The minimum Gasteiger partial charge on any atom is -0.345 e. The molecule has 14 heavy (non-hydrogen) atoms. The van der Waals surface area contributed by atoms with E-state index in [1.54, 1.807) is 6.33 Å². The quantitative estimate of drug-likeness (QED) is 0.898.